The standard InChI is InChI=1S/C17H27N3O/c1-2-9-19-17(21)11-16(12-18)20-10-5-8-14-6-3-4-7-15(14)13-20/h3-4,6-7,16H,2,5,8-13,18H2,1H3,(H,19,21). The number of nitrogens with one attached hydrogen (secondary N) is 1. The van der Waals surface area contributed by atoms with Crippen molar-refractivity contribution in [2.75, 3.05) is 19.6 Å². The third kappa shape index (κ3) is 4.55. The lowest BCUT2D eigenvalue weighted by Crippen LogP contribution is -2.43. The van der Waals surface area contributed by atoms with E-state index in [1.807, 2.05) is 0 Å². The molecule has 1 atom stereocenters. The number of amides is 1. The van der Waals surface area contributed by atoms with Gasteiger partial charge < -0.3 is 11.1 Å². The van der Waals surface area contributed by atoms with E-state index < -0.39 is 0 Å². The van der Waals surface area contributed by atoms with Crippen LogP contribution in [0.25, 0.3) is 0 Å². The van der Waals surface area contributed by atoms with Crippen molar-refractivity contribution in [1.29, 1.82) is 0 Å². The maximum absolute atomic E-state index is 12.0. The lowest BCUT2D eigenvalue weighted by Gasteiger charge is -2.29. The van der Waals surface area contributed by atoms with Crippen molar-refractivity contribution in [3.05, 3.63) is 35.4 Å². The van der Waals surface area contributed by atoms with E-state index in [0.29, 0.717) is 13.0 Å². The number of nitrogens with two attached hydrogens (primary N) is 1. The molecule has 1 unspecified atom stereocenters. The number of hydrogen-bond acceptors (Lipinski definition) is 3. The van der Waals surface area contributed by atoms with Gasteiger partial charge in [-0.3, -0.25) is 9.69 Å². The van der Waals surface area contributed by atoms with Gasteiger partial charge in [0.15, 0.2) is 0 Å². The Morgan fingerprint density at radius 2 is 2.14 bits per heavy atom. The number of aryl methyl sites for hydroxylation is 1. The molecular formula is C17H27N3O. The highest BCUT2D eigenvalue weighted by molar-refractivity contribution is 5.76. The number of carbonyl (C=O) groups is 1. The second-order valence-electron chi connectivity index (χ2n) is 5.79. The van der Waals surface area contributed by atoms with Crippen LogP contribution in [0.5, 0.6) is 0 Å². The van der Waals surface area contributed by atoms with Gasteiger partial charge >= 0.3 is 0 Å². The van der Waals surface area contributed by atoms with Gasteiger partial charge in [0.05, 0.1) is 0 Å². The molecule has 1 aliphatic rings. The molecule has 0 fully saturated rings. The third-order valence-corrected chi connectivity index (χ3v) is 4.16. The summed E-state index contributed by atoms with van der Waals surface area (Å²) in [6.45, 7) is 5.25. The second kappa shape index (κ2) is 8.15. The normalized spacial score (nSPS) is 16.9. The summed E-state index contributed by atoms with van der Waals surface area (Å²) in [5.41, 5.74) is 8.74. The SMILES string of the molecule is CCCNC(=O)CC(CN)N1CCCc2ccccc2C1. The molecule has 0 aromatic heterocycles. The van der Waals surface area contributed by atoms with Gasteiger partial charge in [-0.05, 0) is 36.9 Å². The molecule has 0 saturated heterocycles. The Morgan fingerprint density at radius 1 is 1.38 bits per heavy atom. The second-order valence-corrected chi connectivity index (χ2v) is 5.79. The van der Waals surface area contributed by atoms with Gasteiger partial charge in [0.2, 0.25) is 5.91 Å². The molecule has 1 aliphatic heterocycles. The summed E-state index contributed by atoms with van der Waals surface area (Å²) < 4.78 is 0. The summed E-state index contributed by atoms with van der Waals surface area (Å²) in [7, 11) is 0. The zero-order chi connectivity index (χ0) is 15.1. The smallest absolute Gasteiger partial charge is 0.221 e. The molecule has 1 aromatic rings. The summed E-state index contributed by atoms with van der Waals surface area (Å²) in [5, 5.41) is 2.95. The topological polar surface area (TPSA) is 58.4 Å². The van der Waals surface area contributed by atoms with Crippen LogP contribution in [0.2, 0.25) is 0 Å². The maximum Gasteiger partial charge on any atom is 0.221 e. The summed E-state index contributed by atoms with van der Waals surface area (Å²) in [6, 6.07) is 8.73. The Kier molecular flexibility index (Phi) is 6.21. The Labute approximate surface area is 127 Å². The molecule has 1 amide bonds. The van der Waals surface area contributed by atoms with Gasteiger partial charge in [0.1, 0.15) is 0 Å². The number of hydrogen-bond donors (Lipinski definition) is 2. The highest BCUT2D eigenvalue weighted by Gasteiger charge is 2.23. The van der Waals surface area contributed by atoms with Gasteiger partial charge in [0, 0.05) is 32.1 Å². The minimum Gasteiger partial charge on any atom is -0.356 e. The highest BCUT2D eigenvalue weighted by Crippen LogP contribution is 2.20. The monoisotopic (exact) mass is 289 g/mol. The molecule has 4 heteroatoms. The van der Waals surface area contributed by atoms with E-state index in [9.17, 15) is 4.79 Å². The van der Waals surface area contributed by atoms with Crippen LogP contribution in [-0.2, 0) is 17.8 Å². The van der Waals surface area contributed by atoms with Gasteiger partial charge in [-0.2, -0.15) is 0 Å². The Balaban J connectivity index is 2.00. The summed E-state index contributed by atoms with van der Waals surface area (Å²) in [5.74, 6) is 0.116. The fraction of sp³-hybridized carbons (Fsp3) is 0.588. The van der Waals surface area contributed by atoms with E-state index in [0.717, 1.165) is 38.9 Å². The molecule has 1 aromatic carbocycles. The van der Waals surface area contributed by atoms with E-state index in [1.54, 1.807) is 0 Å². The van der Waals surface area contributed by atoms with Crippen LogP contribution in [0.15, 0.2) is 24.3 Å². The quantitative estimate of drug-likeness (QED) is 0.837. The van der Waals surface area contributed by atoms with E-state index in [4.69, 9.17) is 5.73 Å². The Bertz CT molecular complexity index is 461. The molecule has 116 valence electrons. The van der Waals surface area contributed by atoms with Crippen LogP contribution < -0.4 is 11.1 Å². The molecule has 0 spiro atoms. The van der Waals surface area contributed by atoms with Crippen molar-refractivity contribution in [2.24, 2.45) is 5.73 Å². The van der Waals surface area contributed by atoms with Crippen molar-refractivity contribution in [3.63, 3.8) is 0 Å². The van der Waals surface area contributed by atoms with Crippen molar-refractivity contribution in [1.82, 2.24) is 10.2 Å². The molecule has 0 saturated carbocycles. The van der Waals surface area contributed by atoms with Crippen LogP contribution >= 0.6 is 0 Å². The minimum atomic E-state index is 0.116. The van der Waals surface area contributed by atoms with Crippen LogP contribution in [0.3, 0.4) is 0 Å². The average molecular weight is 289 g/mol. The fourth-order valence-corrected chi connectivity index (χ4v) is 2.95. The molecule has 1 heterocycles. The minimum absolute atomic E-state index is 0.116. The van der Waals surface area contributed by atoms with Gasteiger partial charge in [-0.1, -0.05) is 31.2 Å². The predicted molar refractivity (Wildman–Crippen MR) is 85.9 cm³/mol. The van der Waals surface area contributed by atoms with E-state index in [-0.39, 0.29) is 11.9 Å². The predicted octanol–water partition coefficient (Wildman–Crippen LogP) is 1.68. The van der Waals surface area contributed by atoms with Crippen LogP contribution in [0.4, 0.5) is 0 Å². The molecular weight excluding hydrogens is 262 g/mol. The summed E-state index contributed by atoms with van der Waals surface area (Å²) >= 11 is 0. The fourth-order valence-electron chi connectivity index (χ4n) is 2.95. The van der Waals surface area contributed by atoms with Gasteiger partial charge in [-0.25, -0.2) is 0 Å². The molecule has 4 nitrogen and oxygen atoms in total. The number of fused-ring (bicyclic) bond motifs is 1. The summed E-state index contributed by atoms with van der Waals surface area (Å²) in [4.78, 5) is 14.3. The van der Waals surface area contributed by atoms with Gasteiger partial charge in [0.25, 0.3) is 0 Å². The van der Waals surface area contributed by atoms with Crippen LogP contribution in [0, 0.1) is 0 Å². The third-order valence-electron chi connectivity index (χ3n) is 4.16. The lowest BCUT2D eigenvalue weighted by molar-refractivity contribution is -0.122. The van der Waals surface area contributed by atoms with Crippen molar-refractivity contribution >= 4 is 5.91 Å². The zero-order valence-electron chi connectivity index (χ0n) is 13.0. The number of benzene rings is 1. The Hall–Kier alpha value is -1.39. The van der Waals surface area contributed by atoms with E-state index in [1.165, 1.54) is 11.1 Å². The number of nitrogens with zero attached hydrogens (tertiary/aromatic N) is 1. The van der Waals surface area contributed by atoms with E-state index in [2.05, 4.69) is 41.4 Å². The molecule has 21 heavy (non-hydrogen) atoms. The molecule has 3 N–H and O–H groups in total. The summed E-state index contributed by atoms with van der Waals surface area (Å²) in [6.07, 6.45) is 3.71. The lowest BCUT2D eigenvalue weighted by atomic mass is 10.0. The largest absolute Gasteiger partial charge is 0.356 e. The molecule has 0 aliphatic carbocycles. The highest BCUT2D eigenvalue weighted by atomic mass is 16.1. The van der Waals surface area contributed by atoms with Crippen molar-refractivity contribution in [2.45, 2.75) is 45.2 Å². The first-order valence-electron chi connectivity index (χ1n) is 8.02. The first-order chi connectivity index (χ1) is 10.2. The zero-order valence-corrected chi connectivity index (χ0v) is 13.0. The molecule has 0 radical (unpaired) electrons. The van der Waals surface area contributed by atoms with Crippen molar-refractivity contribution < 1.29 is 4.79 Å². The Morgan fingerprint density at radius 3 is 2.86 bits per heavy atom. The average Bonchev–Trinajstić information content (AvgIpc) is 2.72. The van der Waals surface area contributed by atoms with Crippen LogP contribution in [0.1, 0.15) is 37.3 Å². The van der Waals surface area contributed by atoms with Crippen LogP contribution in [-0.4, -0.2) is 36.5 Å². The van der Waals surface area contributed by atoms with E-state index >= 15 is 0 Å². The number of carbonyl (C=O) groups excluding carboxylic acids is 1. The van der Waals surface area contributed by atoms with Gasteiger partial charge in [-0.15, -0.1) is 0 Å². The first-order valence-corrected chi connectivity index (χ1v) is 8.02. The number of rotatable bonds is 6. The molecule has 2 rings (SSSR count). The maximum atomic E-state index is 12.0. The van der Waals surface area contributed by atoms with Crippen molar-refractivity contribution in [3.8, 4) is 0 Å². The first kappa shape index (κ1) is 16.0. The molecule has 0 bridgehead atoms.